The van der Waals surface area contributed by atoms with E-state index in [1.165, 1.54) is 7.11 Å². The first-order valence-corrected chi connectivity index (χ1v) is 12.1. The Balaban J connectivity index is 0.000000179. The van der Waals surface area contributed by atoms with E-state index in [9.17, 15) is 0 Å². The molecule has 9 N–H and O–H groups in total. The lowest BCUT2D eigenvalue weighted by atomic mass is 10.1. The molecule has 204 valence electrons. The van der Waals surface area contributed by atoms with Gasteiger partial charge in [-0.2, -0.15) is 5.90 Å². The first-order chi connectivity index (χ1) is 18.8. The van der Waals surface area contributed by atoms with Crippen molar-refractivity contribution in [2.75, 3.05) is 38.0 Å². The molecule has 0 aromatic heterocycles. The molecule has 3 aromatic rings. The number of nitrogens with zero attached hydrogens (tertiary/aromatic N) is 1. The van der Waals surface area contributed by atoms with Crippen molar-refractivity contribution in [2.24, 2.45) is 5.90 Å². The van der Waals surface area contributed by atoms with Gasteiger partial charge in [0, 0.05) is 40.8 Å². The monoisotopic (exact) mass is 531 g/mol. The largest absolute Gasteiger partial charge is 0.497 e. The number of ether oxygens (including phenoxy) is 2. The van der Waals surface area contributed by atoms with Gasteiger partial charge in [0.25, 0.3) is 0 Å². The molecular weight excluding hydrogens is 496 g/mol. The number of nitrogens with one attached hydrogen (secondary N) is 1. The number of aromatic nitrogens is 1. The van der Waals surface area contributed by atoms with Gasteiger partial charge in [0.2, 0.25) is 5.36 Å². The molecule has 39 heavy (non-hydrogen) atoms. The van der Waals surface area contributed by atoms with Gasteiger partial charge in [0.15, 0.2) is 22.8 Å². The number of fused-ring (bicyclic) bond motifs is 2. The molecule has 0 saturated carbocycles. The molecule has 1 heterocycles. The van der Waals surface area contributed by atoms with E-state index in [2.05, 4.69) is 28.7 Å². The van der Waals surface area contributed by atoms with Crippen molar-refractivity contribution in [3.63, 3.8) is 0 Å². The molecule has 10 nitrogen and oxygen atoms in total. The molecule has 0 unspecified atom stereocenters. The van der Waals surface area contributed by atoms with Crippen LogP contribution in [-0.2, 0) is 0 Å². The molecule has 1 aliphatic carbocycles. The Bertz CT molecular complexity index is 1570. The molecule has 0 amide bonds. The van der Waals surface area contributed by atoms with E-state index >= 15 is 0 Å². The molecule has 0 atom stereocenters. The number of methoxy groups -OCH3 is 2. The summed E-state index contributed by atoms with van der Waals surface area (Å²) in [7, 11) is 3.14. The van der Waals surface area contributed by atoms with E-state index in [4.69, 9.17) is 37.0 Å². The highest BCUT2D eigenvalue weighted by Gasteiger charge is 2.12. The van der Waals surface area contributed by atoms with Crippen LogP contribution in [0.15, 0.2) is 77.2 Å². The van der Waals surface area contributed by atoms with E-state index in [1.807, 2.05) is 42.5 Å². The molecule has 0 radical (unpaired) electrons. The highest BCUT2D eigenvalue weighted by Crippen LogP contribution is 2.28. The smallest absolute Gasteiger partial charge is 0.205 e. The topological polar surface area (TPSA) is 172 Å². The maximum absolute atomic E-state index is 5.89. The van der Waals surface area contributed by atoms with E-state index in [1.54, 1.807) is 37.4 Å². The number of hydrogen-bond donors (Lipinski definition) is 5. The molecular formula is C29H35N6O4+. The predicted octanol–water partition coefficient (Wildman–Crippen LogP) is 2.63. The van der Waals surface area contributed by atoms with Gasteiger partial charge in [0.1, 0.15) is 23.5 Å². The third-order valence-corrected chi connectivity index (χ3v) is 5.53. The van der Waals surface area contributed by atoms with E-state index in [0.717, 1.165) is 45.9 Å². The maximum atomic E-state index is 5.89. The number of rotatable bonds is 4. The number of benzene rings is 4. The quantitative estimate of drug-likeness (QED) is 0.133. The Morgan fingerprint density at radius 3 is 2.18 bits per heavy atom. The molecule has 2 aliphatic rings. The summed E-state index contributed by atoms with van der Waals surface area (Å²) in [6, 6.07) is 21.8. The van der Waals surface area contributed by atoms with Crippen LogP contribution in [0.5, 0.6) is 17.2 Å². The number of hydrogen-bond acceptors (Lipinski definition) is 9. The Morgan fingerprint density at radius 2 is 1.54 bits per heavy atom. The predicted molar refractivity (Wildman–Crippen MR) is 154 cm³/mol. The van der Waals surface area contributed by atoms with E-state index in [0.29, 0.717) is 28.5 Å². The Kier molecular flexibility index (Phi) is 9.94. The van der Waals surface area contributed by atoms with Gasteiger partial charge in [-0.1, -0.05) is 6.07 Å². The van der Waals surface area contributed by atoms with Crippen molar-refractivity contribution in [2.45, 2.75) is 13.8 Å². The molecule has 3 aromatic carbocycles. The number of anilines is 3. The second kappa shape index (κ2) is 13.5. The summed E-state index contributed by atoms with van der Waals surface area (Å²) in [6.45, 7) is 5.01. The summed E-state index contributed by atoms with van der Waals surface area (Å²) in [5.74, 6) is 7.53. The summed E-state index contributed by atoms with van der Waals surface area (Å²) < 4.78 is 15.7. The Hall–Kier alpha value is -4.96. The highest BCUT2D eigenvalue weighted by atomic mass is 16.6. The van der Waals surface area contributed by atoms with Gasteiger partial charge in [-0.25, -0.2) is 9.98 Å². The van der Waals surface area contributed by atoms with Gasteiger partial charge >= 0.3 is 0 Å². The third-order valence-electron chi connectivity index (χ3n) is 5.53. The van der Waals surface area contributed by atoms with Crippen LogP contribution in [0.4, 0.5) is 17.1 Å². The van der Waals surface area contributed by atoms with Crippen molar-refractivity contribution in [3.05, 3.63) is 83.7 Å². The van der Waals surface area contributed by atoms with Crippen molar-refractivity contribution >= 4 is 28.2 Å². The standard InChI is InChI=1S/C15H15N3O.C7H10N2O2.C7H9NO/c1-3-17-12-8-15-13(6-9(12)2)18-11-5-4-10(16)7-14(11)19-15;1-10-7-4-5(8)2-3-6(7)11-9;1-9-7-4-2-3-6(8)5-7/h4-8H,3,16H2,1-2H3;2-4H,8-9H2,1H3;2-5H,8H2,1H3/p+1. The summed E-state index contributed by atoms with van der Waals surface area (Å²) in [5, 5.41) is 1.07. The number of nitrogens with two attached hydrogens (primary N) is 4. The lowest BCUT2D eigenvalue weighted by Crippen LogP contribution is -2.76. The molecule has 1 aliphatic heterocycles. The van der Waals surface area contributed by atoms with E-state index in [-0.39, 0.29) is 0 Å². The van der Waals surface area contributed by atoms with Crippen molar-refractivity contribution in [1.29, 1.82) is 0 Å². The van der Waals surface area contributed by atoms with Crippen LogP contribution in [-0.4, -0.2) is 25.7 Å². The fourth-order valence-corrected chi connectivity index (χ4v) is 3.60. The summed E-state index contributed by atoms with van der Waals surface area (Å²) in [5.41, 5.74) is 22.3. The Morgan fingerprint density at radius 1 is 0.821 bits per heavy atom. The van der Waals surface area contributed by atoms with Gasteiger partial charge in [0.05, 0.1) is 20.3 Å². The zero-order valence-corrected chi connectivity index (χ0v) is 22.5. The van der Waals surface area contributed by atoms with Crippen LogP contribution >= 0.6 is 0 Å². The summed E-state index contributed by atoms with van der Waals surface area (Å²) in [4.78, 5) is 12.4. The van der Waals surface area contributed by atoms with Gasteiger partial charge in [-0.05, 0) is 56.3 Å². The second-order valence-corrected chi connectivity index (χ2v) is 8.41. The second-order valence-electron chi connectivity index (χ2n) is 8.41. The third kappa shape index (κ3) is 7.76. The summed E-state index contributed by atoms with van der Waals surface area (Å²) >= 11 is 0. The minimum absolute atomic E-state index is 0.474. The average molecular weight is 532 g/mol. The van der Waals surface area contributed by atoms with Crippen LogP contribution in [0.1, 0.15) is 12.5 Å². The van der Waals surface area contributed by atoms with Crippen molar-refractivity contribution in [1.82, 2.24) is 4.98 Å². The van der Waals surface area contributed by atoms with Crippen LogP contribution in [0.3, 0.4) is 0 Å². The van der Waals surface area contributed by atoms with Crippen LogP contribution in [0.2, 0.25) is 0 Å². The van der Waals surface area contributed by atoms with Crippen LogP contribution in [0.25, 0.3) is 22.6 Å². The van der Waals surface area contributed by atoms with Gasteiger partial charge in [-0.3, -0.25) is 0 Å². The molecule has 10 heteroatoms. The van der Waals surface area contributed by atoms with Gasteiger partial charge < -0.3 is 35.9 Å². The first kappa shape index (κ1) is 28.6. The minimum atomic E-state index is 0.474. The molecule has 0 fully saturated rings. The van der Waals surface area contributed by atoms with Crippen LogP contribution < -0.4 is 47.8 Å². The zero-order chi connectivity index (χ0) is 28.4. The fraction of sp³-hybridized carbons (Fsp3) is 0.172. The lowest BCUT2D eigenvalue weighted by Gasteiger charge is -2.06. The average Bonchev–Trinajstić information content (AvgIpc) is 2.93. The lowest BCUT2D eigenvalue weighted by molar-refractivity contribution is -0.496. The number of aryl methyl sites for hydroxylation is 1. The SMILES string of the molecule is CC[NH+]=c1cc2oc3cc(N)ccc3nc-2cc1C.COc1cc(N)ccc1ON.COc1cccc(N)c1. The molecule has 0 saturated heterocycles. The van der Waals surface area contributed by atoms with Crippen molar-refractivity contribution < 1.29 is 23.7 Å². The summed E-state index contributed by atoms with van der Waals surface area (Å²) in [6.07, 6.45) is 0. The fourth-order valence-electron chi connectivity index (χ4n) is 3.60. The maximum Gasteiger partial charge on any atom is 0.205 e. The van der Waals surface area contributed by atoms with Crippen LogP contribution in [0, 0.1) is 6.92 Å². The molecule has 0 spiro atoms. The first-order valence-electron chi connectivity index (χ1n) is 12.1. The van der Waals surface area contributed by atoms with Gasteiger partial charge in [-0.15, -0.1) is 0 Å². The molecule has 5 rings (SSSR count). The highest BCUT2D eigenvalue weighted by molar-refractivity contribution is 5.79. The minimum Gasteiger partial charge on any atom is -0.497 e. The number of nitrogen functional groups attached to an aromatic ring is 3. The Labute approximate surface area is 227 Å². The van der Waals surface area contributed by atoms with E-state index < -0.39 is 0 Å². The van der Waals surface area contributed by atoms with Crippen molar-refractivity contribution in [3.8, 4) is 28.7 Å². The normalized spacial score (nSPS) is 10.7. The zero-order valence-electron chi connectivity index (χ0n) is 22.5. The molecule has 0 bridgehead atoms.